The van der Waals surface area contributed by atoms with Gasteiger partial charge in [0.25, 0.3) is 11.6 Å². The summed E-state index contributed by atoms with van der Waals surface area (Å²) in [4.78, 5) is 26.4. The minimum absolute atomic E-state index is 0.0362. The van der Waals surface area contributed by atoms with E-state index in [9.17, 15) is 14.9 Å². The molecule has 8 nitrogen and oxygen atoms in total. The van der Waals surface area contributed by atoms with Gasteiger partial charge in [0.15, 0.2) is 11.5 Å². The predicted molar refractivity (Wildman–Crippen MR) is 90.1 cm³/mol. The highest BCUT2D eigenvalue weighted by atomic mass is 16.6. The topological polar surface area (TPSA) is 108 Å². The number of aliphatic imine (C=N–C) groups is 1. The van der Waals surface area contributed by atoms with E-state index in [0.717, 1.165) is 0 Å². The first kappa shape index (κ1) is 15.6. The number of furan rings is 2. The number of ether oxygens (including phenoxy) is 1. The van der Waals surface area contributed by atoms with E-state index in [1.54, 1.807) is 36.4 Å². The van der Waals surface area contributed by atoms with Gasteiger partial charge in [-0.05, 0) is 24.3 Å². The molecule has 3 aromatic rings. The maximum atomic E-state index is 11.9. The van der Waals surface area contributed by atoms with Crippen LogP contribution in [0.3, 0.4) is 0 Å². The lowest BCUT2D eigenvalue weighted by Crippen LogP contribution is -2.04. The van der Waals surface area contributed by atoms with Crippen molar-refractivity contribution >= 4 is 23.6 Å². The van der Waals surface area contributed by atoms with Crippen LogP contribution in [-0.4, -0.2) is 16.8 Å². The van der Waals surface area contributed by atoms with Crippen LogP contribution in [0.25, 0.3) is 17.4 Å². The van der Waals surface area contributed by atoms with Crippen LogP contribution in [0.1, 0.15) is 11.5 Å². The van der Waals surface area contributed by atoms with E-state index in [2.05, 4.69) is 4.99 Å². The lowest BCUT2D eigenvalue weighted by atomic mass is 10.1. The maximum absolute atomic E-state index is 11.9. The van der Waals surface area contributed by atoms with E-state index in [-0.39, 0.29) is 17.3 Å². The molecule has 0 bridgehead atoms. The van der Waals surface area contributed by atoms with Crippen molar-refractivity contribution in [2.45, 2.75) is 0 Å². The van der Waals surface area contributed by atoms with Crippen molar-refractivity contribution in [3.8, 4) is 11.3 Å². The third-order valence-corrected chi connectivity index (χ3v) is 3.60. The van der Waals surface area contributed by atoms with Crippen molar-refractivity contribution < 1.29 is 23.3 Å². The second-order valence-electron chi connectivity index (χ2n) is 5.32. The lowest BCUT2D eigenvalue weighted by Gasteiger charge is -1.97. The van der Waals surface area contributed by atoms with Crippen molar-refractivity contribution in [3.05, 3.63) is 82.1 Å². The van der Waals surface area contributed by atoms with E-state index < -0.39 is 10.9 Å². The second-order valence-corrected chi connectivity index (χ2v) is 5.32. The Labute approximate surface area is 146 Å². The monoisotopic (exact) mass is 350 g/mol. The van der Waals surface area contributed by atoms with Gasteiger partial charge < -0.3 is 13.6 Å². The molecule has 1 aromatic carbocycles. The Morgan fingerprint density at radius 1 is 1.08 bits per heavy atom. The molecule has 1 aliphatic rings. The standard InChI is InChI=1S/C18H10N2O6/c21-18-14(19-17(26-18)16-5-2-8-24-16)10-13-6-7-15(25-13)11-3-1-4-12(9-11)20(22)23/h1-10H. The highest BCUT2D eigenvalue weighted by Gasteiger charge is 2.26. The predicted octanol–water partition coefficient (Wildman–Crippen LogP) is 3.79. The zero-order valence-electron chi connectivity index (χ0n) is 13.1. The van der Waals surface area contributed by atoms with Gasteiger partial charge in [0, 0.05) is 23.8 Å². The Hall–Kier alpha value is -3.94. The summed E-state index contributed by atoms with van der Waals surface area (Å²) in [7, 11) is 0. The van der Waals surface area contributed by atoms with E-state index in [0.29, 0.717) is 22.8 Å². The number of rotatable bonds is 4. The number of hydrogen-bond donors (Lipinski definition) is 0. The normalized spacial score (nSPS) is 15.2. The van der Waals surface area contributed by atoms with Gasteiger partial charge in [0.2, 0.25) is 0 Å². The van der Waals surface area contributed by atoms with E-state index in [1.807, 2.05) is 0 Å². The molecule has 3 heterocycles. The third kappa shape index (κ3) is 2.91. The number of hydrogen-bond acceptors (Lipinski definition) is 7. The molecule has 0 atom stereocenters. The average Bonchev–Trinajstić information content (AvgIpc) is 3.37. The van der Waals surface area contributed by atoms with Crippen LogP contribution in [0.5, 0.6) is 0 Å². The quantitative estimate of drug-likeness (QED) is 0.306. The lowest BCUT2D eigenvalue weighted by molar-refractivity contribution is -0.384. The van der Waals surface area contributed by atoms with Crippen LogP contribution in [-0.2, 0) is 9.53 Å². The first-order valence-corrected chi connectivity index (χ1v) is 7.51. The summed E-state index contributed by atoms with van der Waals surface area (Å²) in [5.74, 6) is 0.602. The molecule has 0 fully saturated rings. The number of nitrogens with zero attached hydrogens (tertiary/aromatic N) is 2. The molecule has 0 aliphatic carbocycles. The van der Waals surface area contributed by atoms with Crippen molar-refractivity contribution in [2.75, 3.05) is 0 Å². The third-order valence-electron chi connectivity index (χ3n) is 3.60. The summed E-state index contributed by atoms with van der Waals surface area (Å²) in [5.41, 5.74) is 0.583. The molecule has 2 aromatic heterocycles. The average molecular weight is 350 g/mol. The van der Waals surface area contributed by atoms with Crippen molar-refractivity contribution in [1.82, 2.24) is 0 Å². The van der Waals surface area contributed by atoms with Crippen LogP contribution < -0.4 is 0 Å². The Bertz CT molecular complexity index is 1060. The molecule has 0 saturated heterocycles. The summed E-state index contributed by atoms with van der Waals surface area (Å²) in [6, 6.07) is 12.6. The SMILES string of the molecule is O=C1OC(c2ccco2)=NC1=Cc1ccc(-c2cccc([N+](=O)[O-])c2)o1. The molecule has 128 valence electrons. The molecule has 4 rings (SSSR count). The maximum Gasteiger partial charge on any atom is 0.364 e. The number of esters is 1. The summed E-state index contributed by atoms with van der Waals surface area (Å²) < 4.78 is 15.8. The van der Waals surface area contributed by atoms with E-state index in [4.69, 9.17) is 13.6 Å². The van der Waals surface area contributed by atoms with Gasteiger partial charge in [-0.3, -0.25) is 10.1 Å². The summed E-state index contributed by atoms with van der Waals surface area (Å²) >= 11 is 0. The Morgan fingerprint density at radius 2 is 1.96 bits per heavy atom. The summed E-state index contributed by atoms with van der Waals surface area (Å²) in [6.07, 6.45) is 2.88. The molecule has 0 N–H and O–H groups in total. The van der Waals surface area contributed by atoms with Crippen LogP contribution in [0.2, 0.25) is 0 Å². The number of benzene rings is 1. The van der Waals surface area contributed by atoms with Crippen molar-refractivity contribution in [1.29, 1.82) is 0 Å². The van der Waals surface area contributed by atoms with Crippen molar-refractivity contribution in [3.63, 3.8) is 0 Å². The van der Waals surface area contributed by atoms with E-state index in [1.165, 1.54) is 24.5 Å². The van der Waals surface area contributed by atoms with Gasteiger partial charge in [0.1, 0.15) is 11.5 Å². The van der Waals surface area contributed by atoms with Crippen LogP contribution in [0.15, 0.2) is 74.3 Å². The minimum atomic E-state index is -0.621. The minimum Gasteiger partial charge on any atom is -0.459 e. The van der Waals surface area contributed by atoms with Crippen LogP contribution >= 0.6 is 0 Å². The van der Waals surface area contributed by atoms with Gasteiger partial charge in [-0.1, -0.05) is 12.1 Å². The molecule has 1 aliphatic heterocycles. The van der Waals surface area contributed by atoms with Gasteiger partial charge in [-0.25, -0.2) is 9.79 Å². The molecule has 0 unspecified atom stereocenters. The summed E-state index contributed by atoms with van der Waals surface area (Å²) in [5, 5.41) is 10.9. The van der Waals surface area contributed by atoms with Crippen molar-refractivity contribution in [2.24, 2.45) is 4.99 Å². The number of cyclic esters (lactones) is 1. The zero-order valence-corrected chi connectivity index (χ0v) is 13.1. The molecular formula is C18H10N2O6. The molecule has 0 amide bonds. The van der Waals surface area contributed by atoms with Crippen LogP contribution in [0, 0.1) is 10.1 Å². The van der Waals surface area contributed by atoms with E-state index >= 15 is 0 Å². The molecule has 26 heavy (non-hydrogen) atoms. The molecule has 8 heteroatoms. The number of carbonyl (C=O) groups is 1. The van der Waals surface area contributed by atoms with Gasteiger partial charge in [-0.15, -0.1) is 0 Å². The smallest absolute Gasteiger partial charge is 0.364 e. The second kappa shape index (κ2) is 6.17. The number of nitro benzene ring substituents is 1. The van der Waals surface area contributed by atoms with Gasteiger partial charge >= 0.3 is 5.97 Å². The number of carbonyl (C=O) groups excluding carboxylic acids is 1. The highest BCUT2D eigenvalue weighted by molar-refractivity contribution is 6.11. The molecular weight excluding hydrogens is 340 g/mol. The highest BCUT2D eigenvalue weighted by Crippen LogP contribution is 2.27. The fourth-order valence-corrected chi connectivity index (χ4v) is 2.41. The first-order chi connectivity index (χ1) is 12.6. The zero-order chi connectivity index (χ0) is 18.1. The first-order valence-electron chi connectivity index (χ1n) is 7.51. The van der Waals surface area contributed by atoms with Crippen LogP contribution in [0.4, 0.5) is 5.69 Å². The fourth-order valence-electron chi connectivity index (χ4n) is 2.41. The summed E-state index contributed by atoms with van der Waals surface area (Å²) in [6.45, 7) is 0. The Balaban J connectivity index is 1.62. The molecule has 0 radical (unpaired) electrons. The molecule has 0 saturated carbocycles. The fraction of sp³-hybridized carbons (Fsp3) is 0. The Morgan fingerprint density at radius 3 is 2.73 bits per heavy atom. The van der Waals surface area contributed by atoms with Gasteiger partial charge in [0.05, 0.1) is 11.2 Å². The largest absolute Gasteiger partial charge is 0.459 e. The number of non-ortho nitro benzene ring substituents is 1. The Kier molecular flexibility index (Phi) is 3.70. The van der Waals surface area contributed by atoms with Gasteiger partial charge in [-0.2, -0.15) is 0 Å². The molecule has 0 spiro atoms. The number of nitro groups is 1.